The average molecular weight is 490 g/mol. The summed E-state index contributed by atoms with van der Waals surface area (Å²) in [5.74, 6) is 0.430. The lowest BCUT2D eigenvalue weighted by atomic mass is 9.94. The van der Waals surface area contributed by atoms with Crippen molar-refractivity contribution in [1.82, 2.24) is 15.1 Å². The van der Waals surface area contributed by atoms with Crippen LogP contribution in [-0.4, -0.2) is 71.3 Å². The maximum absolute atomic E-state index is 13.3. The van der Waals surface area contributed by atoms with Crippen molar-refractivity contribution in [2.24, 2.45) is 0 Å². The van der Waals surface area contributed by atoms with Crippen LogP contribution in [0.2, 0.25) is 0 Å². The topological polar surface area (TPSA) is 79.0 Å². The van der Waals surface area contributed by atoms with Gasteiger partial charge in [0.15, 0.2) is 0 Å². The van der Waals surface area contributed by atoms with Crippen molar-refractivity contribution in [3.63, 3.8) is 0 Å². The number of thioether (sulfide) groups is 1. The number of likely N-dealkylation sites (tertiary alicyclic amines) is 1. The molecule has 3 amide bonds. The van der Waals surface area contributed by atoms with Gasteiger partial charge in [0.1, 0.15) is 5.60 Å². The summed E-state index contributed by atoms with van der Waals surface area (Å²) < 4.78 is 5.34. The smallest absolute Gasteiger partial charge is 0.407 e. The summed E-state index contributed by atoms with van der Waals surface area (Å²) >= 11 is 1.44. The first-order valence-electron chi connectivity index (χ1n) is 12.4. The lowest BCUT2D eigenvalue weighted by Gasteiger charge is -2.33. The Morgan fingerprint density at radius 3 is 2.35 bits per heavy atom. The zero-order chi connectivity index (χ0) is 24.7. The molecule has 0 unspecified atom stereocenters. The number of benzene rings is 1. The SMILES string of the molecule is CN(C(=O)CSc1ccccc1C(=O)N1CCC(NC(=O)OC(C)(C)C)CC1)C1CCCCC1. The number of piperidine rings is 1. The average Bonchev–Trinajstić information content (AvgIpc) is 2.81. The Hall–Kier alpha value is -2.22. The third-order valence-electron chi connectivity index (χ3n) is 6.49. The maximum Gasteiger partial charge on any atom is 0.407 e. The van der Waals surface area contributed by atoms with E-state index in [0.29, 0.717) is 43.3 Å². The summed E-state index contributed by atoms with van der Waals surface area (Å²) in [6.07, 6.45) is 6.77. The van der Waals surface area contributed by atoms with Gasteiger partial charge in [-0.05, 0) is 58.6 Å². The standard InChI is InChI=1S/C26H39N3O4S/c1-26(2,3)33-25(32)27-19-14-16-29(17-15-19)24(31)21-12-8-9-13-22(21)34-18-23(30)28(4)20-10-6-5-7-11-20/h8-9,12-13,19-20H,5-7,10-11,14-18H2,1-4H3,(H,27,32). The van der Waals surface area contributed by atoms with E-state index in [2.05, 4.69) is 5.32 Å². The van der Waals surface area contributed by atoms with Crippen LogP contribution in [0, 0.1) is 0 Å². The third kappa shape index (κ3) is 7.65. The number of carbonyl (C=O) groups is 3. The second-order valence-electron chi connectivity index (χ2n) is 10.3. The van der Waals surface area contributed by atoms with E-state index in [1.807, 2.05) is 61.9 Å². The van der Waals surface area contributed by atoms with Crippen LogP contribution in [0.4, 0.5) is 4.79 Å². The van der Waals surface area contributed by atoms with Gasteiger partial charge in [0, 0.05) is 37.1 Å². The molecule has 1 aliphatic carbocycles. The van der Waals surface area contributed by atoms with E-state index in [0.717, 1.165) is 17.7 Å². The Morgan fingerprint density at radius 1 is 1.06 bits per heavy atom. The van der Waals surface area contributed by atoms with Crippen LogP contribution in [0.15, 0.2) is 29.2 Å². The number of amides is 3. The Kier molecular flexibility index (Phi) is 9.28. The van der Waals surface area contributed by atoms with Gasteiger partial charge in [-0.2, -0.15) is 0 Å². The molecular weight excluding hydrogens is 450 g/mol. The van der Waals surface area contributed by atoms with Gasteiger partial charge < -0.3 is 19.9 Å². The van der Waals surface area contributed by atoms with Crippen LogP contribution >= 0.6 is 11.8 Å². The van der Waals surface area contributed by atoms with Crippen molar-refractivity contribution < 1.29 is 19.1 Å². The van der Waals surface area contributed by atoms with Crippen molar-refractivity contribution in [3.05, 3.63) is 29.8 Å². The molecule has 8 heteroatoms. The molecule has 0 aromatic heterocycles. The van der Waals surface area contributed by atoms with Crippen LogP contribution in [0.25, 0.3) is 0 Å². The monoisotopic (exact) mass is 489 g/mol. The maximum atomic E-state index is 13.3. The van der Waals surface area contributed by atoms with Gasteiger partial charge in [0.2, 0.25) is 5.91 Å². The first-order chi connectivity index (χ1) is 16.1. The summed E-state index contributed by atoms with van der Waals surface area (Å²) in [5, 5.41) is 2.91. The summed E-state index contributed by atoms with van der Waals surface area (Å²) in [7, 11) is 1.91. The molecule has 1 saturated heterocycles. The van der Waals surface area contributed by atoms with E-state index in [-0.39, 0.29) is 17.9 Å². The highest BCUT2D eigenvalue weighted by Gasteiger charge is 2.28. The quantitative estimate of drug-likeness (QED) is 0.586. The molecule has 1 aromatic carbocycles. The van der Waals surface area contributed by atoms with Gasteiger partial charge in [0.25, 0.3) is 5.91 Å². The van der Waals surface area contributed by atoms with E-state index >= 15 is 0 Å². The normalized spacial score (nSPS) is 17.8. The highest BCUT2D eigenvalue weighted by molar-refractivity contribution is 8.00. The number of alkyl carbamates (subject to hydrolysis) is 1. The van der Waals surface area contributed by atoms with E-state index < -0.39 is 11.7 Å². The second kappa shape index (κ2) is 12.0. The van der Waals surface area contributed by atoms with Crippen LogP contribution in [0.5, 0.6) is 0 Å². The highest BCUT2D eigenvalue weighted by Crippen LogP contribution is 2.27. The molecule has 0 radical (unpaired) electrons. The number of ether oxygens (including phenoxy) is 1. The van der Waals surface area contributed by atoms with Crippen molar-refractivity contribution in [2.75, 3.05) is 25.9 Å². The van der Waals surface area contributed by atoms with E-state index in [4.69, 9.17) is 4.74 Å². The molecule has 1 aromatic rings. The molecule has 188 valence electrons. The van der Waals surface area contributed by atoms with Crippen molar-refractivity contribution in [1.29, 1.82) is 0 Å². The Labute approximate surface area is 208 Å². The number of nitrogens with zero attached hydrogens (tertiary/aromatic N) is 2. The first kappa shape index (κ1) is 26.4. The minimum Gasteiger partial charge on any atom is -0.444 e. The molecule has 1 heterocycles. The van der Waals surface area contributed by atoms with E-state index in [9.17, 15) is 14.4 Å². The molecule has 34 heavy (non-hydrogen) atoms. The van der Waals surface area contributed by atoms with Crippen LogP contribution in [-0.2, 0) is 9.53 Å². The molecule has 1 saturated carbocycles. The van der Waals surface area contributed by atoms with Crippen molar-refractivity contribution in [3.8, 4) is 0 Å². The summed E-state index contributed by atoms with van der Waals surface area (Å²) in [6.45, 7) is 6.66. The highest BCUT2D eigenvalue weighted by atomic mass is 32.2. The zero-order valence-corrected chi connectivity index (χ0v) is 21.8. The van der Waals surface area contributed by atoms with Gasteiger partial charge in [-0.15, -0.1) is 11.8 Å². The fourth-order valence-electron chi connectivity index (χ4n) is 4.55. The lowest BCUT2D eigenvalue weighted by Crippen LogP contribution is -2.47. The molecule has 1 aliphatic heterocycles. The predicted octanol–water partition coefficient (Wildman–Crippen LogP) is 4.70. The van der Waals surface area contributed by atoms with Crippen LogP contribution in [0.1, 0.15) is 76.1 Å². The van der Waals surface area contributed by atoms with Gasteiger partial charge in [-0.25, -0.2) is 4.79 Å². The molecule has 2 fully saturated rings. The number of carbonyl (C=O) groups excluding carboxylic acids is 3. The minimum absolute atomic E-state index is 0.00327. The molecule has 2 aliphatic rings. The molecule has 1 N–H and O–H groups in total. The summed E-state index contributed by atoms with van der Waals surface area (Å²) in [6, 6.07) is 7.87. The van der Waals surface area contributed by atoms with Crippen molar-refractivity contribution in [2.45, 2.75) is 88.3 Å². The minimum atomic E-state index is -0.533. The summed E-state index contributed by atoms with van der Waals surface area (Å²) in [4.78, 5) is 42.7. The Bertz CT molecular complexity index is 856. The van der Waals surface area contributed by atoms with E-state index in [1.54, 1.807) is 0 Å². The largest absolute Gasteiger partial charge is 0.444 e. The molecule has 7 nitrogen and oxygen atoms in total. The molecule has 0 atom stereocenters. The van der Waals surface area contributed by atoms with Crippen LogP contribution in [0.3, 0.4) is 0 Å². The van der Waals surface area contributed by atoms with Gasteiger partial charge in [-0.3, -0.25) is 9.59 Å². The second-order valence-corrected chi connectivity index (χ2v) is 11.3. The van der Waals surface area contributed by atoms with Gasteiger partial charge >= 0.3 is 6.09 Å². The van der Waals surface area contributed by atoms with E-state index in [1.165, 1.54) is 31.0 Å². The molecular formula is C26H39N3O4S. The fourth-order valence-corrected chi connectivity index (χ4v) is 5.52. The number of rotatable bonds is 6. The van der Waals surface area contributed by atoms with Crippen LogP contribution < -0.4 is 5.32 Å². The third-order valence-corrected chi connectivity index (χ3v) is 7.55. The fraction of sp³-hybridized carbons (Fsp3) is 0.654. The first-order valence-corrected chi connectivity index (χ1v) is 13.4. The van der Waals surface area contributed by atoms with Gasteiger partial charge in [0.05, 0.1) is 11.3 Å². The molecule has 0 bridgehead atoms. The molecule has 3 rings (SSSR count). The van der Waals surface area contributed by atoms with Gasteiger partial charge in [-0.1, -0.05) is 31.4 Å². The summed E-state index contributed by atoms with van der Waals surface area (Å²) in [5.41, 5.74) is 0.105. The Morgan fingerprint density at radius 2 is 1.71 bits per heavy atom. The zero-order valence-electron chi connectivity index (χ0n) is 21.0. The van der Waals surface area contributed by atoms with Crippen molar-refractivity contribution >= 4 is 29.7 Å². The Balaban J connectivity index is 1.52. The number of nitrogens with one attached hydrogen (secondary N) is 1. The predicted molar refractivity (Wildman–Crippen MR) is 135 cm³/mol. The molecule has 0 spiro atoms. The number of hydrogen-bond donors (Lipinski definition) is 1. The lowest BCUT2D eigenvalue weighted by molar-refractivity contribution is -0.129. The number of hydrogen-bond acceptors (Lipinski definition) is 5.